The molecule has 1 aliphatic carbocycles. The highest BCUT2D eigenvalue weighted by Crippen LogP contribution is 2.41. The summed E-state index contributed by atoms with van der Waals surface area (Å²) in [7, 11) is 0. The second kappa shape index (κ2) is 16.4. The van der Waals surface area contributed by atoms with Gasteiger partial charge in [-0.25, -0.2) is 0 Å². The number of hydrogen-bond acceptors (Lipinski definition) is 9. The number of benzene rings is 2. The van der Waals surface area contributed by atoms with Crippen molar-refractivity contribution in [2.45, 2.75) is 115 Å². The van der Waals surface area contributed by atoms with Crippen LogP contribution in [0.3, 0.4) is 0 Å². The number of carbonyl (C=O) groups excluding carboxylic acids is 4. The number of anilines is 2. The first-order valence-corrected chi connectivity index (χ1v) is 19.9. The van der Waals surface area contributed by atoms with E-state index in [1.54, 1.807) is 32.0 Å². The molecule has 306 valence electrons. The highest BCUT2D eigenvalue weighted by Gasteiger charge is 2.53. The second-order valence-electron chi connectivity index (χ2n) is 16.5. The van der Waals surface area contributed by atoms with Crippen molar-refractivity contribution in [3.63, 3.8) is 0 Å². The average Bonchev–Trinajstić information content (AvgIpc) is 3.33. The molecule has 2 aromatic rings. The lowest BCUT2D eigenvalue weighted by Gasteiger charge is -2.44. The summed E-state index contributed by atoms with van der Waals surface area (Å²) in [6, 6.07) is 12.2. The topological polar surface area (TPSA) is 138 Å². The maximum atomic E-state index is 13.7. The first kappa shape index (κ1) is 42.2. The number of nitrogens with one attached hydrogen (secondary N) is 2. The zero-order chi connectivity index (χ0) is 41.4. The van der Waals surface area contributed by atoms with E-state index < -0.39 is 34.2 Å². The lowest BCUT2D eigenvalue weighted by molar-refractivity contribution is -0.138. The fourth-order valence-electron chi connectivity index (χ4n) is 8.80. The Bertz CT molecular complexity index is 1930. The molecule has 57 heavy (non-hydrogen) atoms. The van der Waals surface area contributed by atoms with Crippen molar-refractivity contribution in [2.75, 3.05) is 43.0 Å². The molecule has 12 nitrogen and oxygen atoms in total. The van der Waals surface area contributed by atoms with Gasteiger partial charge in [-0.15, -0.1) is 0 Å². The zero-order valence-electron chi connectivity index (χ0n) is 32.9. The van der Waals surface area contributed by atoms with Crippen LogP contribution in [0.4, 0.5) is 24.5 Å². The third kappa shape index (κ3) is 8.72. The number of imide groups is 1. The van der Waals surface area contributed by atoms with Gasteiger partial charge in [0.05, 0.1) is 47.6 Å². The monoisotopic (exact) mass is 809 g/mol. The number of piperidine rings is 1. The van der Waals surface area contributed by atoms with Gasteiger partial charge < -0.3 is 15.0 Å². The van der Waals surface area contributed by atoms with Gasteiger partial charge in [-0.3, -0.25) is 39.2 Å². The number of nitrogens with zero attached hydrogens (tertiary/aromatic N) is 5. The first-order chi connectivity index (χ1) is 26.8. The maximum Gasteiger partial charge on any atom is 0.417 e. The Morgan fingerprint density at radius 3 is 2.26 bits per heavy atom. The molecule has 4 aliphatic rings. The normalized spacial score (nSPS) is 27.4. The van der Waals surface area contributed by atoms with Crippen molar-refractivity contribution in [3.05, 3.63) is 59.2 Å². The lowest BCUT2D eigenvalue weighted by atomic mass is 9.75. The van der Waals surface area contributed by atoms with Gasteiger partial charge in [0, 0.05) is 49.9 Å². The summed E-state index contributed by atoms with van der Waals surface area (Å²) >= 11 is 5.74. The summed E-state index contributed by atoms with van der Waals surface area (Å²) in [6.07, 6.45) is -1.12. The molecule has 3 heterocycles. The maximum absolute atomic E-state index is 13.7. The van der Waals surface area contributed by atoms with Crippen LogP contribution in [0.5, 0.6) is 0 Å². The van der Waals surface area contributed by atoms with Crippen LogP contribution in [0.2, 0.25) is 0 Å². The number of piperazine rings is 1. The van der Waals surface area contributed by atoms with E-state index in [-0.39, 0.29) is 65.7 Å². The molecule has 3 aliphatic heterocycles. The molecule has 4 fully saturated rings. The van der Waals surface area contributed by atoms with Crippen molar-refractivity contribution < 1.29 is 37.1 Å². The molecular formula is C41H50F3N7O5S. The molecule has 3 atom stereocenters. The van der Waals surface area contributed by atoms with E-state index in [4.69, 9.17) is 17.0 Å². The Hall–Kier alpha value is -4.43. The fraction of sp³-hybridized carbons (Fsp3) is 0.561. The summed E-state index contributed by atoms with van der Waals surface area (Å²) in [4.78, 5) is 58.4. The van der Waals surface area contributed by atoms with Crippen LogP contribution in [-0.2, 0) is 35.5 Å². The van der Waals surface area contributed by atoms with Crippen molar-refractivity contribution >= 4 is 52.3 Å². The molecule has 6 rings (SSSR count). The number of nitriles is 1. The molecule has 0 aromatic heterocycles. The average molecular weight is 810 g/mol. The third-order valence-electron chi connectivity index (χ3n) is 12.1. The first-order valence-electron chi connectivity index (χ1n) is 19.5. The molecule has 0 spiro atoms. The zero-order valence-corrected chi connectivity index (χ0v) is 33.8. The number of amides is 4. The van der Waals surface area contributed by atoms with E-state index in [9.17, 15) is 37.6 Å². The smallest absolute Gasteiger partial charge is 0.377 e. The van der Waals surface area contributed by atoms with Crippen molar-refractivity contribution in [3.8, 4) is 6.07 Å². The number of halogens is 3. The highest BCUT2D eigenvalue weighted by atomic mass is 32.1. The van der Waals surface area contributed by atoms with Gasteiger partial charge in [0.2, 0.25) is 17.7 Å². The van der Waals surface area contributed by atoms with Crippen molar-refractivity contribution in [1.82, 2.24) is 20.0 Å². The molecule has 0 radical (unpaired) electrons. The molecule has 16 heteroatoms. The van der Waals surface area contributed by atoms with Crippen LogP contribution in [0.25, 0.3) is 0 Å². The SMILES string of the molecule is C[C@@H]1CN(CCOC2CCC(N3C(=S)N(c4ccc(C#N)c(C(F)(F)F)c4)C(=O)C3(C)C)CC2)C[C@H](C)N1CC(=O)Nc1ccc([C@@]2(C)CCC(=O)NC2=O)cc1. The third-order valence-corrected chi connectivity index (χ3v) is 12.5. The van der Waals surface area contributed by atoms with Gasteiger partial charge in [-0.1, -0.05) is 12.1 Å². The number of hydrogen-bond donors (Lipinski definition) is 2. The van der Waals surface area contributed by atoms with Gasteiger partial charge in [-0.05, 0) is 115 Å². The number of carbonyl (C=O) groups is 4. The number of ether oxygens (including phenoxy) is 1. The Kier molecular flexibility index (Phi) is 12.2. The van der Waals surface area contributed by atoms with E-state index in [1.807, 2.05) is 24.0 Å². The summed E-state index contributed by atoms with van der Waals surface area (Å²) in [5, 5.41) is 14.8. The van der Waals surface area contributed by atoms with Gasteiger partial charge in [0.1, 0.15) is 5.54 Å². The molecule has 0 bridgehead atoms. The molecule has 1 saturated carbocycles. The summed E-state index contributed by atoms with van der Waals surface area (Å²) in [6.45, 7) is 12.6. The fourth-order valence-corrected chi connectivity index (χ4v) is 9.37. The molecule has 3 saturated heterocycles. The van der Waals surface area contributed by atoms with E-state index in [0.29, 0.717) is 31.6 Å². The molecule has 0 unspecified atom stereocenters. The summed E-state index contributed by atoms with van der Waals surface area (Å²) < 4.78 is 47.5. The minimum Gasteiger partial charge on any atom is -0.377 e. The largest absolute Gasteiger partial charge is 0.417 e. The minimum atomic E-state index is -4.76. The predicted molar refractivity (Wildman–Crippen MR) is 211 cm³/mol. The van der Waals surface area contributed by atoms with Crippen LogP contribution in [-0.4, -0.2) is 106 Å². The van der Waals surface area contributed by atoms with Crippen LogP contribution in [0, 0.1) is 11.3 Å². The number of thiocarbonyl (C=S) groups is 1. The van der Waals surface area contributed by atoms with E-state index in [2.05, 4.69) is 34.3 Å². The summed E-state index contributed by atoms with van der Waals surface area (Å²) in [5.74, 6) is -1.11. The van der Waals surface area contributed by atoms with Crippen molar-refractivity contribution in [1.29, 1.82) is 5.26 Å². The standard InChI is InChI=1S/C41H50F3N7O5S/c1-25-22-48(23-26(2)49(25)24-35(53)46-29-9-7-28(8-10-29)40(5)17-16-34(52)47-36(40)54)18-19-56-32-14-12-30(13-15-32)51-38(57)50(37(55)39(51,3)4)31-11-6-27(21-45)33(20-31)41(42,43)44/h6-11,20,25-26,30,32H,12-19,22-24H2,1-5H3,(H,46,53)(H,47,52,54)/t25-,26+,30?,32?,40-/m1/s1. The Morgan fingerprint density at radius 2 is 1.67 bits per heavy atom. The van der Waals surface area contributed by atoms with Crippen molar-refractivity contribution in [2.24, 2.45) is 0 Å². The lowest BCUT2D eigenvalue weighted by Crippen LogP contribution is -2.58. The van der Waals surface area contributed by atoms with Gasteiger partial charge >= 0.3 is 6.18 Å². The van der Waals surface area contributed by atoms with Crippen LogP contribution < -0.4 is 15.5 Å². The Balaban J connectivity index is 0.947. The molecular weight excluding hydrogens is 760 g/mol. The minimum absolute atomic E-state index is 0.0122. The highest BCUT2D eigenvalue weighted by molar-refractivity contribution is 7.80. The Morgan fingerprint density at radius 1 is 1.02 bits per heavy atom. The summed E-state index contributed by atoms with van der Waals surface area (Å²) in [5.41, 5.74) is -2.08. The molecule has 2 aromatic carbocycles. The predicted octanol–water partition coefficient (Wildman–Crippen LogP) is 5.34. The van der Waals surface area contributed by atoms with Gasteiger partial charge in [-0.2, -0.15) is 18.4 Å². The van der Waals surface area contributed by atoms with Crippen LogP contribution in [0.15, 0.2) is 42.5 Å². The van der Waals surface area contributed by atoms with E-state index >= 15 is 0 Å². The van der Waals surface area contributed by atoms with E-state index in [1.165, 1.54) is 6.07 Å². The van der Waals surface area contributed by atoms with Crippen LogP contribution >= 0.6 is 12.2 Å². The number of rotatable bonds is 10. The Labute approximate surface area is 336 Å². The molecule has 4 amide bonds. The molecule has 2 N–H and O–H groups in total. The quantitative estimate of drug-likeness (QED) is 0.239. The van der Waals surface area contributed by atoms with Gasteiger partial charge in [0.25, 0.3) is 5.91 Å². The second-order valence-corrected chi connectivity index (χ2v) is 16.8. The van der Waals surface area contributed by atoms with E-state index in [0.717, 1.165) is 55.1 Å². The number of alkyl halides is 3. The van der Waals surface area contributed by atoms with Crippen LogP contribution in [0.1, 0.15) is 89.8 Å². The van der Waals surface area contributed by atoms with Gasteiger partial charge in [0.15, 0.2) is 5.11 Å².